The van der Waals surface area contributed by atoms with Crippen molar-refractivity contribution < 1.29 is 14.3 Å². The molecule has 8 heteroatoms. The lowest BCUT2D eigenvalue weighted by Gasteiger charge is -2.29. The number of carbonyl (C=O) groups is 2. The molecule has 1 aliphatic rings. The van der Waals surface area contributed by atoms with Crippen molar-refractivity contribution in [3.8, 4) is 6.07 Å². The van der Waals surface area contributed by atoms with E-state index in [1.165, 1.54) is 9.78 Å². The maximum atomic E-state index is 13.6. The van der Waals surface area contributed by atoms with E-state index in [-0.39, 0.29) is 24.6 Å². The predicted molar refractivity (Wildman–Crippen MR) is 140 cm³/mol. The lowest BCUT2D eigenvalue weighted by Crippen LogP contribution is -2.46. The number of anilines is 1. The van der Waals surface area contributed by atoms with E-state index in [1.807, 2.05) is 43.3 Å². The van der Waals surface area contributed by atoms with E-state index in [0.717, 1.165) is 23.3 Å². The molecule has 186 valence electrons. The number of nitrogens with one attached hydrogen (secondary N) is 1. The topological polar surface area (TPSA) is 85.7 Å². The van der Waals surface area contributed by atoms with Crippen molar-refractivity contribution in [3.63, 3.8) is 0 Å². The van der Waals surface area contributed by atoms with Gasteiger partial charge in [-0.15, -0.1) is 11.3 Å². The van der Waals surface area contributed by atoms with Crippen molar-refractivity contribution in [1.29, 1.82) is 5.26 Å². The summed E-state index contributed by atoms with van der Waals surface area (Å²) >= 11 is 1.67. The molecule has 1 N–H and O–H groups in total. The molecule has 0 radical (unpaired) electrons. The van der Waals surface area contributed by atoms with Gasteiger partial charge in [-0.05, 0) is 55.7 Å². The maximum Gasteiger partial charge on any atom is 0.322 e. The second kappa shape index (κ2) is 12.3. The van der Waals surface area contributed by atoms with Crippen molar-refractivity contribution >= 4 is 29.0 Å². The highest BCUT2D eigenvalue weighted by Crippen LogP contribution is 2.20. The first-order valence-electron chi connectivity index (χ1n) is 12.0. The lowest BCUT2D eigenvalue weighted by molar-refractivity contribution is -0.133. The molecule has 1 atom stereocenters. The van der Waals surface area contributed by atoms with Crippen molar-refractivity contribution in [2.24, 2.45) is 0 Å². The average molecular weight is 503 g/mol. The second-order valence-electron chi connectivity index (χ2n) is 8.89. The zero-order valence-electron chi connectivity index (χ0n) is 20.4. The van der Waals surface area contributed by atoms with Gasteiger partial charge >= 0.3 is 6.03 Å². The second-order valence-corrected chi connectivity index (χ2v) is 10.3. The van der Waals surface area contributed by atoms with Gasteiger partial charge in [-0.1, -0.05) is 36.4 Å². The van der Waals surface area contributed by atoms with Gasteiger partial charge in [0.15, 0.2) is 0 Å². The summed E-state index contributed by atoms with van der Waals surface area (Å²) in [5.74, 6) is -0.135. The van der Waals surface area contributed by atoms with Gasteiger partial charge in [0.25, 0.3) is 0 Å². The van der Waals surface area contributed by atoms with Crippen molar-refractivity contribution in [3.05, 3.63) is 87.6 Å². The van der Waals surface area contributed by atoms with Gasteiger partial charge in [0, 0.05) is 35.1 Å². The minimum absolute atomic E-state index is 0.0686. The number of rotatable bonds is 9. The summed E-state index contributed by atoms with van der Waals surface area (Å²) in [7, 11) is 0. The molecule has 1 aromatic heterocycles. The van der Waals surface area contributed by atoms with Crippen LogP contribution in [0.25, 0.3) is 0 Å². The van der Waals surface area contributed by atoms with Gasteiger partial charge in [0.2, 0.25) is 5.91 Å². The predicted octanol–water partition coefficient (Wildman–Crippen LogP) is 5.17. The van der Waals surface area contributed by atoms with E-state index >= 15 is 0 Å². The smallest absolute Gasteiger partial charge is 0.322 e. The molecular weight excluding hydrogens is 472 g/mol. The van der Waals surface area contributed by atoms with Crippen molar-refractivity contribution in [2.75, 3.05) is 25.0 Å². The summed E-state index contributed by atoms with van der Waals surface area (Å²) in [5.41, 5.74) is 2.00. The first-order valence-corrected chi connectivity index (χ1v) is 12.9. The van der Waals surface area contributed by atoms with Crippen LogP contribution in [0.5, 0.6) is 0 Å². The fourth-order valence-electron chi connectivity index (χ4n) is 4.18. The lowest BCUT2D eigenvalue weighted by atomic mass is 10.2. The van der Waals surface area contributed by atoms with Crippen LogP contribution in [-0.2, 0) is 22.6 Å². The number of hydrogen-bond donors (Lipinski definition) is 1. The third kappa shape index (κ3) is 7.17. The highest BCUT2D eigenvalue weighted by molar-refractivity contribution is 7.11. The number of thiophene rings is 1. The molecule has 1 aliphatic heterocycles. The molecule has 0 spiro atoms. The van der Waals surface area contributed by atoms with E-state index in [9.17, 15) is 14.9 Å². The van der Waals surface area contributed by atoms with Crippen LogP contribution in [-0.4, -0.2) is 47.5 Å². The summed E-state index contributed by atoms with van der Waals surface area (Å²) in [6, 6.07) is 22.4. The maximum absolute atomic E-state index is 13.6. The van der Waals surface area contributed by atoms with Crippen LogP contribution in [0.4, 0.5) is 10.5 Å². The Morgan fingerprint density at radius 1 is 1.08 bits per heavy atom. The Kier molecular flexibility index (Phi) is 8.71. The van der Waals surface area contributed by atoms with Crippen LogP contribution in [0.2, 0.25) is 0 Å². The fourth-order valence-corrected chi connectivity index (χ4v) is 5.09. The molecule has 0 bridgehead atoms. The molecular formula is C28H30N4O3S. The van der Waals surface area contributed by atoms with Gasteiger partial charge in [0.1, 0.15) is 6.54 Å². The van der Waals surface area contributed by atoms with Gasteiger partial charge in [-0.2, -0.15) is 5.26 Å². The van der Waals surface area contributed by atoms with Crippen LogP contribution < -0.4 is 5.32 Å². The van der Waals surface area contributed by atoms with E-state index in [0.29, 0.717) is 37.5 Å². The third-order valence-corrected chi connectivity index (χ3v) is 7.00. The third-order valence-electron chi connectivity index (χ3n) is 6.02. The molecule has 3 amide bonds. The molecule has 1 fully saturated rings. The average Bonchev–Trinajstić information content (AvgIpc) is 3.55. The summed E-state index contributed by atoms with van der Waals surface area (Å²) in [6.07, 6.45) is 1.69. The number of benzene rings is 2. The van der Waals surface area contributed by atoms with Crippen molar-refractivity contribution in [1.82, 2.24) is 9.80 Å². The Morgan fingerprint density at radius 3 is 2.61 bits per heavy atom. The SMILES string of the molecule is Cc1ccc(CN(Cc2ccccc2)C(=O)CN(CC2CCCO2)C(=O)Nc2cccc(C#N)c2)s1. The molecule has 3 aromatic rings. The molecule has 7 nitrogen and oxygen atoms in total. The highest BCUT2D eigenvalue weighted by Gasteiger charge is 2.27. The van der Waals surface area contributed by atoms with Crippen molar-refractivity contribution in [2.45, 2.75) is 39.0 Å². The minimum Gasteiger partial charge on any atom is -0.376 e. The number of amides is 3. The van der Waals surface area contributed by atoms with Crippen LogP contribution in [0.3, 0.4) is 0 Å². The summed E-state index contributed by atoms with van der Waals surface area (Å²) in [6.45, 7) is 3.90. The van der Waals surface area contributed by atoms with Gasteiger partial charge < -0.3 is 19.9 Å². The normalized spacial score (nSPS) is 14.7. The van der Waals surface area contributed by atoms with Gasteiger partial charge in [-0.25, -0.2) is 4.79 Å². The highest BCUT2D eigenvalue weighted by atomic mass is 32.1. The molecule has 2 aromatic carbocycles. The molecule has 36 heavy (non-hydrogen) atoms. The van der Waals surface area contributed by atoms with Gasteiger partial charge in [0.05, 0.1) is 24.3 Å². The van der Waals surface area contributed by atoms with E-state index in [1.54, 1.807) is 40.5 Å². The Morgan fingerprint density at radius 2 is 1.92 bits per heavy atom. The first kappa shape index (κ1) is 25.4. The van der Waals surface area contributed by atoms with Crippen LogP contribution >= 0.6 is 11.3 Å². The number of ether oxygens (including phenoxy) is 1. The number of nitrogens with zero attached hydrogens (tertiary/aromatic N) is 3. The Balaban J connectivity index is 1.52. The fraction of sp³-hybridized carbons (Fsp3) is 0.321. The summed E-state index contributed by atoms with van der Waals surface area (Å²) < 4.78 is 5.77. The number of carbonyl (C=O) groups excluding carboxylic acids is 2. The molecule has 2 heterocycles. The Labute approximate surface area is 215 Å². The van der Waals surface area contributed by atoms with E-state index in [4.69, 9.17) is 4.74 Å². The number of hydrogen-bond acceptors (Lipinski definition) is 5. The summed E-state index contributed by atoms with van der Waals surface area (Å²) in [5, 5.41) is 12.0. The minimum atomic E-state index is -0.388. The number of urea groups is 1. The first-order chi connectivity index (χ1) is 17.5. The molecule has 1 unspecified atom stereocenters. The van der Waals surface area contributed by atoms with E-state index in [2.05, 4.69) is 17.5 Å². The molecule has 4 rings (SSSR count). The van der Waals surface area contributed by atoms with E-state index < -0.39 is 0 Å². The molecule has 1 saturated heterocycles. The van der Waals surface area contributed by atoms with Crippen LogP contribution in [0.15, 0.2) is 66.7 Å². The zero-order valence-corrected chi connectivity index (χ0v) is 21.2. The largest absolute Gasteiger partial charge is 0.376 e. The quantitative estimate of drug-likeness (QED) is 0.437. The number of aryl methyl sites for hydroxylation is 1. The monoisotopic (exact) mass is 502 g/mol. The van der Waals surface area contributed by atoms with Crippen LogP contribution in [0, 0.1) is 18.3 Å². The Hall–Kier alpha value is -3.67. The van der Waals surface area contributed by atoms with Crippen LogP contribution in [0.1, 0.15) is 33.7 Å². The van der Waals surface area contributed by atoms with Gasteiger partial charge in [-0.3, -0.25) is 4.79 Å². The Bertz CT molecular complexity index is 1210. The molecule has 0 aliphatic carbocycles. The standard InChI is InChI=1S/C28H30N4O3S/c1-21-12-13-26(36-21)19-31(17-22-7-3-2-4-8-22)27(33)20-32(18-25-11-6-14-35-25)28(34)30-24-10-5-9-23(15-24)16-29/h2-5,7-10,12-13,15,25H,6,11,14,17-20H2,1H3,(H,30,34). The summed E-state index contributed by atoms with van der Waals surface area (Å²) in [4.78, 5) is 32.5. The molecule has 0 saturated carbocycles. The number of nitriles is 1. The zero-order chi connectivity index (χ0) is 25.3.